The van der Waals surface area contributed by atoms with E-state index in [4.69, 9.17) is 5.11 Å². The summed E-state index contributed by atoms with van der Waals surface area (Å²) in [5.41, 5.74) is -0.168. The summed E-state index contributed by atoms with van der Waals surface area (Å²) < 4.78 is 1.56. The van der Waals surface area contributed by atoms with Gasteiger partial charge in [0.05, 0.1) is 5.56 Å². The van der Waals surface area contributed by atoms with Crippen molar-refractivity contribution < 1.29 is 14.7 Å². The molecule has 8 heteroatoms. The molecule has 0 aliphatic carbocycles. The summed E-state index contributed by atoms with van der Waals surface area (Å²) in [6.07, 6.45) is 2.78. The number of anilines is 1. The number of carbonyl (C=O) groups excluding carboxylic acids is 1. The van der Waals surface area contributed by atoms with Gasteiger partial charge < -0.3 is 10.4 Å². The van der Waals surface area contributed by atoms with Crippen LogP contribution in [-0.2, 0) is 11.3 Å². The summed E-state index contributed by atoms with van der Waals surface area (Å²) in [4.78, 5) is 37.8. The topological polar surface area (TPSA) is 101 Å². The van der Waals surface area contributed by atoms with E-state index in [1.807, 2.05) is 0 Å². The van der Waals surface area contributed by atoms with E-state index in [9.17, 15) is 14.4 Å². The summed E-state index contributed by atoms with van der Waals surface area (Å²) >= 11 is 3.11. The van der Waals surface area contributed by atoms with E-state index in [-0.39, 0.29) is 12.1 Å². The molecular weight excluding hydrogens is 342 g/mol. The Morgan fingerprint density at radius 1 is 1.38 bits per heavy atom. The quantitative estimate of drug-likeness (QED) is 0.865. The molecule has 1 heterocycles. The van der Waals surface area contributed by atoms with Gasteiger partial charge in [-0.25, -0.2) is 14.6 Å². The van der Waals surface area contributed by atoms with Gasteiger partial charge in [-0.2, -0.15) is 0 Å². The van der Waals surface area contributed by atoms with Crippen LogP contribution in [0.1, 0.15) is 10.4 Å². The fraction of sp³-hybridized carbons (Fsp3) is 0.0769. The maximum atomic E-state index is 11.8. The third-order valence-electron chi connectivity index (χ3n) is 2.58. The van der Waals surface area contributed by atoms with Crippen molar-refractivity contribution in [2.24, 2.45) is 0 Å². The van der Waals surface area contributed by atoms with Gasteiger partial charge in [-0.1, -0.05) is 0 Å². The highest BCUT2D eigenvalue weighted by molar-refractivity contribution is 9.10. The first kappa shape index (κ1) is 14.9. The van der Waals surface area contributed by atoms with Crippen molar-refractivity contribution in [2.75, 3.05) is 5.32 Å². The molecule has 0 saturated carbocycles. The minimum atomic E-state index is -1.11. The Bertz CT molecular complexity index is 757. The largest absolute Gasteiger partial charge is 0.478 e. The molecule has 0 fully saturated rings. The number of rotatable bonds is 4. The second-order valence-corrected chi connectivity index (χ2v) is 4.93. The Hall–Kier alpha value is -2.48. The first-order chi connectivity index (χ1) is 9.97. The van der Waals surface area contributed by atoms with Crippen LogP contribution in [0.4, 0.5) is 5.69 Å². The lowest BCUT2D eigenvalue weighted by Crippen LogP contribution is -2.28. The third kappa shape index (κ3) is 3.76. The molecule has 1 aromatic carbocycles. The van der Waals surface area contributed by atoms with Crippen LogP contribution in [0.2, 0.25) is 0 Å². The number of hydrogen-bond donors (Lipinski definition) is 2. The molecule has 1 amide bonds. The first-order valence-corrected chi connectivity index (χ1v) is 6.61. The highest BCUT2D eigenvalue weighted by Gasteiger charge is 2.11. The van der Waals surface area contributed by atoms with Crippen molar-refractivity contribution in [3.63, 3.8) is 0 Å². The lowest BCUT2D eigenvalue weighted by Gasteiger charge is -2.08. The van der Waals surface area contributed by atoms with Crippen LogP contribution in [0, 0.1) is 0 Å². The smallest absolute Gasteiger partial charge is 0.347 e. The van der Waals surface area contributed by atoms with Gasteiger partial charge >= 0.3 is 11.7 Å². The molecule has 0 aliphatic rings. The predicted octanol–water partition coefficient (Wildman–Crippen LogP) is 1.34. The SMILES string of the molecule is O=C(Cn1cccnc1=O)Nc1ccc(Br)c(C(=O)O)c1. The van der Waals surface area contributed by atoms with Gasteiger partial charge in [0.25, 0.3) is 0 Å². The summed E-state index contributed by atoms with van der Waals surface area (Å²) in [6.45, 7) is -0.203. The molecule has 0 aliphatic heterocycles. The number of aromatic nitrogens is 2. The van der Waals surface area contributed by atoms with Crippen LogP contribution in [0.15, 0.2) is 45.9 Å². The zero-order valence-electron chi connectivity index (χ0n) is 10.6. The van der Waals surface area contributed by atoms with Crippen LogP contribution < -0.4 is 11.0 Å². The van der Waals surface area contributed by atoms with Gasteiger partial charge in [0.15, 0.2) is 0 Å². The third-order valence-corrected chi connectivity index (χ3v) is 3.27. The van der Waals surface area contributed by atoms with Crippen molar-refractivity contribution >= 4 is 33.5 Å². The Labute approximate surface area is 127 Å². The summed E-state index contributed by atoms with van der Waals surface area (Å²) in [5.74, 6) is -1.56. The molecule has 0 radical (unpaired) electrons. The molecular formula is C13H10BrN3O4. The van der Waals surface area contributed by atoms with E-state index in [0.29, 0.717) is 10.2 Å². The van der Waals surface area contributed by atoms with Crippen molar-refractivity contribution in [3.8, 4) is 0 Å². The number of aromatic carboxylic acids is 1. The maximum absolute atomic E-state index is 11.8. The average molecular weight is 352 g/mol. The minimum absolute atomic E-state index is 0.0337. The average Bonchev–Trinajstić information content (AvgIpc) is 2.43. The number of hydrogen-bond acceptors (Lipinski definition) is 4. The Morgan fingerprint density at radius 3 is 2.81 bits per heavy atom. The van der Waals surface area contributed by atoms with Gasteiger partial charge in [0.1, 0.15) is 6.54 Å². The molecule has 2 aromatic rings. The van der Waals surface area contributed by atoms with Gasteiger partial charge in [-0.15, -0.1) is 0 Å². The van der Waals surface area contributed by atoms with Crippen molar-refractivity contribution in [3.05, 3.63) is 57.2 Å². The van der Waals surface area contributed by atoms with E-state index in [1.54, 1.807) is 6.07 Å². The van der Waals surface area contributed by atoms with Gasteiger partial charge in [-0.05, 0) is 40.2 Å². The van der Waals surface area contributed by atoms with Crippen LogP contribution in [0.5, 0.6) is 0 Å². The Kier molecular flexibility index (Phi) is 4.49. The van der Waals surface area contributed by atoms with E-state index in [0.717, 1.165) is 4.57 Å². The van der Waals surface area contributed by atoms with Gasteiger partial charge in [-0.3, -0.25) is 9.36 Å². The number of carboxylic acid groups (broad SMARTS) is 1. The molecule has 2 rings (SSSR count). The van der Waals surface area contributed by atoms with Crippen LogP contribution in [-0.4, -0.2) is 26.5 Å². The molecule has 0 saturated heterocycles. The number of halogens is 1. The van der Waals surface area contributed by atoms with Gasteiger partial charge in [0, 0.05) is 22.6 Å². The molecule has 21 heavy (non-hydrogen) atoms. The number of carboxylic acids is 1. The Morgan fingerprint density at radius 2 is 2.14 bits per heavy atom. The molecule has 0 spiro atoms. The molecule has 7 nitrogen and oxygen atoms in total. The second-order valence-electron chi connectivity index (χ2n) is 4.08. The number of benzene rings is 1. The fourth-order valence-corrected chi connectivity index (χ4v) is 2.05. The molecule has 1 aromatic heterocycles. The molecule has 0 bridgehead atoms. The van der Waals surface area contributed by atoms with E-state index in [2.05, 4.69) is 26.2 Å². The zero-order chi connectivity index (χ0) is 15.4. The minimum Gasteiger partial charge on any atom is -0.478 e. The summed E-state index contributed by atoms with van der Waals surface area (Å²) in [7, 11) is 0. The number of nitrogens with one attached hydrogen (secondary N) is 1. The number of carbonyl (C=O) groups is 2. The lowest BCUT2D eigenvalue weighted by atomic mass is 10.2. The van der Waals surface area contributed by atoms with Crippen LogP contribution >= 0.6 is 15.9 Å². The van der Waals surface area contributed by atoms with Crippen LogP contribution in [0.25, 0.3) is 0 Å². The Balaban J connectivity index is 2.13. The van der Waals surface area contributed by atoms with E-state index >= 15 is 0 Å². The monoisotopic (exact) mass is 351 g/mol. The molecule has 0 atom stereocenters. The van der Waals surface area contributed by atoms with Gasteiger partial charge in [0.2, 0.25) is 5.91 Å². The summed E-state index contributed by atoms with van der Waals surface area (Å²) in [5, 5.41) is 11.5. The highest BCUT2D eigenvalue weighted by Crippen LogP contribution is 2.21. The normalized spacial score (nSPS) is 10.1. The van der Waals surface area contributed by atoms with Crippen molar-refractivity contribution in [1.29, 1.82) is 0 Å². The second kappa shape index (κ2) is 6.31. The van der Waals surface area contributed by atoms with Crippen molar-refractivity contribution in [1.82, 2.24) is 9.55 Å². The highest BCUT2D eigenvalue weighted by atomic mass is 79.9. The van der Waals surface area contributed by atoms with E-state index < -0.39 is 17.6 Å². The molecule has 108 valence electrons. The number of nitrogens with zero attached hydrogens (tertiary/aromatic N) is 2. The fourth-order valence-electron chi connectivity index (χ4n) is 1.63. The summed E-state index contributed by atoms with van der Waals surface area (Å²) in [6, 6.07) is 5.95. The first-order valence-electron chi connectivity index (χ1n) is 5.81. The molecule has 0 unspecified atom stereocenters. The standard InChI is InChI=1S/C13H10BrN3O4/c14-10-3-2-8(6-9(10)12(19)20)16-11(18)7-17-5-1-4-15-13(17)21/h1-6H,7H2,(H,16,18)(H,19,20). The maximum Gasteiger partial charge on any atom is 0.347 e. The number of amides is 1. The zero-order valence-corrected chi connectivity index (χ0v) is 12.2. The molecule has 2 N–H and O–H groups in total. The van der Waals surface area contributed by atoms with Crippen LogP contribution in [0.3, 0.4) is 0 Å². The van der Waals surface area contributed by atoms with Crippen molar-refractivity contribution in [2.45, 2.75) is 6.54 Å². The lowest BCUT2D eigenvalue weighted by molar-refractivity contribution is -0.116. The predicted molar refractivity (Wildman–Crippen MR) is 78.2 cm³/mol. The van der Waals surface area contributed by atoms with E-state index in [1.165, 1.54) is 30.6 Å².